The van der Waals surface area contributed by atoms with Crippen LogP contribution in [-0.2, 0) is 0 Å². The van der Waals surface area contributed by atoms with Gasteiger partial charge in [0.2, 0.25) is 0 Å². The van der Waals surface area contributed by atoms with Crippen molar-refractivity contribution in [3.8, 4) is 0 Å². The fourth-order valence-corrected chi connectivity index (χ4v) is 4.55. The monoisotopic (exact) mass is 362 g/mol. The lowest BCUT2D eigenvalue weighted by Crippen LogP contribution is -2.35. The SMILES string of the molecule is C=C(Cl)CSc1nc2ccccc2c(=O)n1[C@@H]1CCC[C@H](C)[C@@H]1C. The molecule has 0 unspecified atom stereocenters. The van der Waals surface area contributed by atoms with Gasteiger partial charge in [0, 0.05) is 16.8 Å². The molecule has 0 saturated heterocycles. The molecule has 1 aliphatic carbocycles. The van der Waals surface area contributed by atoms with E-state index in [1.807, 2.05) is 28.8 Å². The molecule has 3 nitrogen and oxygen atoms in total. The quantitative estimate of drug-likeness (QED) is 0.551. The first-order valence-electron chi connectivity index (χ1n) is 8.46. The highest BCUT2D eigenvalue weighted by Crippen LogP contribution is 2.39. The summed E-state index contributed by atoms with van der Waals surface area (Å²) < 4.78 is 1.92. The van der Waals surface area contributed by atoms with E-state index in [1.54, 1.807) is 0 Å². The normalized spacial score (nSPS) is 24.2. The van der Waals surface area contributed by atoms with Crippen LogP contribution in [0.3, 0.4) is 0 Å². The first-order valence-corrected chi connectivity index (χ1v) is 9.82. The highest BCUT2D eigenvalue weighted by Gasteiger charge is 2.31. The molecule has 2 aromatic rings. The summed E-state index contributed by atoms with van der Waals surface area (Å²) in [6, 6.07) is 7.78. The number of para-hydroxylation sites is 1. The van der Waals surface area contributed by atoms with Crippen molar-refractivity contribution in [2.75, 3.05) is 5.75 Å². The molecule has 0 aliphatic heterocycles. The number of hydrogen-bond acceptors (Lipinski definition) is 3. The van der Waals surface area contributed by atoms with E-state index < -0.39 is 0 Å². The lowest BCUT2D eigenvalue weighted by Gasteiger charge is -2.36. The minimum absolute atomic E-state index is 0.0641. The van der Waals surface area contributed by atoms with E-state index in [9.17, 15) is 4.79 Å². The topological polar surface area (TPSA) is 34.9 Å². The molecule has 24 heavy (non-hydrogen) atoms. The van der Waals surface area contributed by atoms with Crippen molar-refractivity contribution in [3.63, 3.8) is 0 Å². The lowest BCUT2D eigenvalue weighted by molar-refractivity contribution is 0.173. The molecule has 1 aromatic heterocycles. The summed E-state index contributed by atoms with van der Waals surface area (Å²) in [5.41, 5.74) is 0.812. The Labute approximate surface area is 152 Å². The number of hydrogen-bond donors (Lipinski definition) is 0. The Bertz CT molecular complexity index is 817. The van der Waals surface area contributed by atoms with Gasteiger partial charge in [-0.2, -0.15) is 0 Å². The largest absolute Gasteiger partial charge is 0.284 e. The van der Waals surface area contributed by atoms with E-state index in [1.165, 1.54) is 18.2 Å². The molecule has 5 heteroatoms. The van der Waals surface area contributed by atoms with Crippen LogP contribution in [0.5, 0.6) is 0 Å². The van der Waals surface area contributed by atoms with Crippen LogP contribution in [0.4, 0.5) is 0 Å². The van der Waals surface area contributed by atoms with Crippen LogP contribution in [0.25, 0.3) is 10.9 Å². The third-order valence-electron chi connectivity index (χ3n) is 5.13. The Kier molecular flexibility index (Phi) is 5.36. The molecule has 1 fully saturated rings. The predicted octanol–water partition coefficient (Wildman–Crippen LogP) is 5.24. The zero-order valence-corrected chi connectivity index (χ0v) is 15.7. The Morgan fingerprint density at radius 1 is 1.38 bits per heavy atom. The standard InChI is InChI=1S/C19H23ClN2OS/c1-12-7-6-10-17(14(12)3)22-18(23)15-8-4-5-9-16(15)21-19(22)24-11-13(2)20/h4-5,8-9,12,14,17H,2,6-7,10-11H2,1,3H3/t12-,14-,17+/m0/s1. The number of thioether (sulfide) groups is 1. The fourth-order valence-electron chi connectivity index (χ4n) is 3.58. The summed E-state index contributed by atoms with van der Waals surface area (Å²) in [5.74, 6) is 1.63. The number of halogens is 1. The minimum Gasteiger partial charge on any atom is -0.284 e. The van der Waals surface area contributed by atoms with E-state index >= 15 is 0 Å². The van der Waals surface area contributed by atoms with E-state index in [2.05, 4.69) is 20.4 Å². The summed E-state index contributed by atoms with van der Waals surface area (Å²) in [4.78, 5) is 18.0. The summed E-state index contributed by atoms with van der Waals surface area (Å²) in [6.07, 6.45) is 3.41. The number of fused-ring (bicyclic) bond motifs is 1. The summed E-state index contributed by atoms with van der Waals surface area (Å²) in [7, 11) is 0. The zero-order valence-electron chi connectivity index (χ0n) is 14.2. The molecule has 3 atom stereocenters. The molecule has 3 rings (SSSR count). The van der Waals surface area contributed by atoms with Crippen molar-refractivity contribution in [1.82, 2.24) is 9.55 Å². The van der Waals surface area contributed by atoms with Crippen LogP contribution in [-0.4, -0.2) is 15.3 Å². The van der Waals surface area contributed by atoms with Gasteiger partial charge in [-0.05, 0) is 30.4 Å². The Morgan fingerprint density at radius 2 is 2.12 bits per heavy atom. The average molecular weight is 363 g/mol. The van der Waals surface area contributed by atoms with Gasteiger partial charge in [0.15, 0.2) is 5.16 Å². The van der Waals surface area contributed by atoms with Crippen molar-refractivity contribution in [1.29, 1.82) is 0 Å². The van der Waals surface area contributed by atoms with Crippen LogP contribution in [0, 0.1) is 11.8 Å². The van der Waals surface area contributed by atoms with E-state index in [0.29, 0.717) is 28.0 Å². The van der Waals surface area contributed by atoms with Crippen molar-refractivity contribution < 1.29 is 0 Å². The smallest absolute Gasteiger partial charge is 0.262 e. The molecule has 0 N–H and O–H groups in total. The fraction of sp³-hybridized carbons (Fsp3) is 0.474. The number of benzene rings is 1. The Balaban J connectivity index is 2.15. The van der Waals surface area contributed by atoms with Crippen LogP contribution >= 0.6 is 23.4 Å². The minimum atomic E-state index is 0.0641. The van der Waals surface area contributed by atoms with Crippen LogP contribution in [0.2, 0.25) is 0 Å². The molecule has 1 saturated carbocycles. The van der Waals surface area contributed by atoms with Gasteiger partial charge < -0.3 is 0 Å². The van der Waals surface area contributed by atoms with Crippen LogP contribution in [0.15, 0.2) is 45.8 Å². The Hall–Kier alpha value is -1.26. The molecule has 1 aliphatic rings. The summed E-state index contributed by atoms with van der Waals surface area (Å²) >= 11 is 7.45. The molecule has 0 radical (unpaired) electrons. The zero-order chi connectivity index (χ0) is 17.3. The molecule has 0 spiro atoms. The summed E-state index contributed by atoms with van der Waals surface area (Å²) in [6.45, 7) is 8.29. The highest BCUT2D eigenvalue weighted by atomic mass is 35.5. The number of aromatic nitrogens is 2. The maximum atomic E-state index is 13.2. The van der Waals surface area contributed by atoms with Gasteiger partial charge in [0.25, 0.3) is 5.56 Å². The van der Waals surface area contributed by atoms with Gasteiger partial charge in [0.05, 0.1) is 10.9 Å². The van der Waals surface area contributed by atoms with Crippen molar-refractivity contribution >= 4 is 34.3 Å². The van der Waals surface area contributed by atoms with Crippen molar-refractivity contribution in [2.45, 2.75) is 44.3 Å². The van der Waals surface area contributed by atoms with Gasteiger partial charge in [0.1, 0.15) is 0 Å². The first-order chi connectivity index (χ1) is 11.5. The maximum absolute atomic E-state index is 13.2. The second kappa shape index (κ2) is 7.32. The van der Waals surface area contributed by atoms with Gasteiger partial charge in [-0.1, -0.05) is 68.8 Å². The number of nitrogens with zero attached hydrogens (tertiary/aromatic N) is 2. The maximum Gasteiger partial charge on any atom is 0.262 e. The van der Waals surface area contributed by atoms with E-state index in [0.717, 1.165) is 23.5 Å². The predicted molar refractivity (Wildman–Crippen MR) is 103 cm³/mol. The highest BCUT2D eigenvalue weighted by molar-refractivity contribution is 7.99. The Morgan fingerprint density at radius 3 is 2.88 bits per heavy atom. The molecule has 0 bridgehead atoms. The second-order valence-electron chi connectivity index (χ2n) is 6.73. The molecule has 1 aromatic carbocycles. The van der Waals surface area contributed by atoms with E-state index in [4.69, 9.17) is 16.6 Å². The molecule has 1 heterocycles. The van der Waals surface area contributed by atoms with Crippen molar-refractivity contribution in [2.24, 2.45) is 11.8 Å². The second-order valence-corrected chi connectivity index (χ2v) is 8.20. The molecular weight excluding hydrogens is 340 g/mol. The third-order valence-corrected chi connectivity index (χ3v) is 6.46. The first kappa shape index (κ1) is 17.6. The van der Waals surface area contributed by atoms with Crippen molar-refractivity contribution in [3.05, 3.63) is 46.2 Å². The molecular formula is C19H23ClN2OS. The van der Waals surface area contributed by atoms with Gasteiger partial charge in [-0.15, -0.1) is 0 Å². The van der Waals surface area contributed by atoms with E-state index in [-0.39, 0.29) is 11.6 Å². The average Bonchev–Trinajstić information content (AvgIpc) is 2.56. The van der Waals surface area contributed by atoms with Crippen LogP contribution < -0.4 is 5.56 Å². The van der Waals surface area contributed by atoms with Gasteiger partial charge >= 0.3 is 0 Å². The number of rotatable bonds is 4. The molecule has 128 valence electrons. The lowest BCUT2D eigenvalue weighted by atomic mass is 9.78. The van der Waals surface area contributed by atoms with Gasteiger partial charge in [-0.3, -0.25) is 9.36 Å². The molecule has 0 amide bonds. The van der Waals surface area contributed by atoms with Gasteiger partial charge in [-0.25, -0.2) is 4.98 Å². The third kappa shape index (κ3) is 3.40. The summed E-state index contributed by atoms with van der Waals surface area (Å²) in [5, 5.41) is 2.02. The van der Waals surface area contributed by atoms with Crippen LogP contribution in [0.1, 0.15) is 39.2 Å².